The lowest BCUT2D eigenvalue weighted by atomic mass is 9.54. The van der Waals surface area contributed by atoms with E-state index in [9.17, 15) is 5.11 Å². The molecule has 4 aliphatic rings. The van der Waals surface area contributed by atoms with Crippen molar-refractivity contribution in [2.24, 2.45) is 29.1 Å². The Balaban J connectivity index is 2.06. The lowest BCUT2D eigenvalue weighted by Gasteiger charge is -2.48. The molecule has 1 N–H and O–H groups in total. The molecule has 5 nitrogen and oxygen atoms in total. The molecule has 0 unspecified atom stereocenters. The highest BCUT2D eigenvalue weighted by Crippen LogP contribution is 2.56. The summed E-state index contributed by atoms with van der Waals surface area (Å²) >= 11 is 0. The fraction of sp³-hybridized carbons (Fsp3) is 0.930. The van der Waals surface area contributed by atoms with E-state index in [-0.39, 0.29) is 36.2 Å². The zero-order valence-corrected chi connectivity index (χ0v) is 41.1. The van der Waals surface area contributed by atoms with Crippen molar-refractivity contribution in [1.29, 1.82) is 0 Å². The first-order valence-electron chi connectivity index (χ1n) is 28.3. The standard InChI is InChI=1S/C57H102O5/c1-2-61-47-48-62-56(60)57(51-43-35-27-19-11-5-12-20-28-36-44-51,52-45-37-29-21-13-6-14-22-30-38-46-52)54(55(58)59)53(49-39-31-23-15-7-3-8-16-24-32-40-49)50-41-33-25-17-9-4-10-18-26-34-42-50/h49-52H,2-48H2,1H3,(H,58,59). The van der Waals surface area contributed by atoms with E-state index in [1.807, 2.05) is 6.92 Å². The van der Waals surface area contributed by atoms with Gasteiger partial charge in [0.05, 0.1) is 12.2 Å². The van der Waals surface area contributed by atoms with Crippen LogP contribution in [0.3, 0.4) is 0 Å². The maximum Gasteiger partial charge on any atom is 0.332 e. The summed E-state index contributed by atoms with van der Waals surface area (Å²) in [6, 6.07) is 0. The van der Waals surface area contributed by atoms with Gasteiger partial charge < -0.3 is 14.6 Å². The number of aliphatic carboxylic acids is 1. The molecule has 0 aromatic rings. The number of carbonyl (C=O) groups is 2. The van der Waals surface area contributed by atoms with E-state index in [4.69, 9.17) is 9.47 Å². The van der Waals surface area contributed by atoms with E-state index in [0.717, 1.165) is 77.0 Å². The van der Waals surface area contributed by atoms with E-state index in [0.29, 0.717) is 18.8 Å². The summed E-state index contributed by atoms with van der Waals surface area (Å²) in [7, 11) is 0. The van der Waals surface area contributed by atoms with Crippen LogP contribution in [0.4, 0.5) is 0 Å². The van der Waals surface area contributed by atoms with E-state index >= 15 is 9.59 Å². The van der Waals surface area contributed by atoms with Gasteiger partial charge in [0.2, 0.25) is 0 Å². The average Bonchev–Trinajstić information content (AvgIpc) is 3.24. The van der Waals surface area contributed by atoms with Crippen molar-refractivity contribution < 1.29 is 24.2 Å². The molecule has 0 bridgehead atoms. The van der Waals surface area contributed by atoms with Gasteiger partial charge in [-0.1, -0.05) is 237 Å². The summed E-state index contributed by atoms with van der Waals surface area (Å²) < 4.78 is 12.5. The third kappa shape index (κ3) is 19.2. The van der Waals surface area contributed by atoms with Crippen LogP contribution >= 0.6 is 0 Å². The lowest BCUT2D eigenvalue weighted by molar-refractivity contribution is -0.166. The highest BCUT2D eigenvalue weighted by Gasteiger charge is 2.58. The minimum absolute atomic E-state index is 0.0157. The Morgan fingerprint density at radius 1 is 0.403 bits per heavy atom. The molecule has 0 spiro atoms. The van der Waals surface area contributed by atoms with E-state index in [2.05, 4.69) is 0 Å². The molecule has 0 aliphatic heterocycles. The number of esters is 1. The fourth-order valence-corrected chi connectivity index (χ4v) is 13.1. The van der Waals surface area contributed by atoms with Gasteiger partial charge in [0.15, 0.2) is 0 Å². The van der Waals surface area contributed by atoms with Crippen molar-refractivity contribution in [3.8, 4) is 0 Å². The minimum atomic E-state index is -1.14. The number of carboxylic acid groups (broad SMARTS) is 1. The van der Waals surface area contributed by atoms with Crippen molar-refractivity contribution >= 4 is 11.9 Å². The summed E-state index contributed by atoms with van der Waals surface area (Å²) in [4.78, 5) is 31.5. The summed E-state index contributed by atoms with van der Waals surface area (Å²) in [6.07, 6.45) is 52.9. The van der Waals surface area contributed by atoms with Crippen LogP contribution in [0, 0.1) is 29.1 Å². The van der Waals surface area contributed by atoms with Crippen molar-refractivity contribution in [3.63, 3.8) is 0 Å². The van der Waals surface area contributed by atoms with Gasteiger partial charge in [-0.2, -0.15) is 0 Å². The Hall–Kier alpha value is -1.36. The SMILES string of the molecule is CCOCCOC(=O)C(C(C(=O)O)=C(C1CCCCCCCCCCC1)C1CCCCCCCCCCC1)(C1CCCCCCCCCCC1)C1CCCCCCCCCCC1. The molecule has 0 radical (unpaired) electrons. The van der Waals surface area contributed by atoms with Gasteiger partial charge in [-0.3, -0.25) is 4.79 Å². The van der Waals surface area contributed by atoms with Gasteiger partial charge in [0.1, 0.15) is 12.0 Å². The number of rotatable bonds is 11. The second-order valence-corrected chi connectivity index (χ2v) is 21.2. The van der Waals surface area contributed by atoms with E-state index in [1.54, 1.807) is 0 Å². The summed E-state index contributed by atoms with van der Waals surface area (Å²) in [5.74, 6) is -0.520. The summed E-state index contributed by atoms with van der Waals surface area (Å²) in [5.41, 5.74) is 0.725. The molecule has 360 valence electrons. The van der Waals surface area contributed by atoms with Crippen molar-refractivity contribution in [3.05, 3.63) is 11.1 Å². The number of hydrogen-bond donors (Lipinski definition) is 1. The number of carboxylic acids is 1. The summed E-state index contributed by atoms with van der Waals surface area (Å²) in [5, 5.41) is 12.5. The van der Waals surface area contributed by atoms with Gasteiger partial charge >= 0.3 is 11.9 Å². The highest BCUT2D eigenvalue weighted by atomic mass is 16.6. The van der Waals surface area contributed by atoms with Crippen molar-refractivity contribution in [2.75, 3.05) is 19.8 Å². The highest BCUT2D eigenvalue weighted by molar-refractivity contribution is 5.98. The van der Waals surface area contributed by atoms with Gasteiger partial charge in [0, 0.05) is 6.61 Å². The van der Waals surface area contributed by atoms with Crippen LogP contribution < -0.4 is 0 Å². The van der Waals surface area contributed by atoms with Crippen molar-refractivity contribution in [2.45, 2.75) is 289 Å². The Labute approximate surface area is 384 Å². The topological polar surface area (TPSA) is 72.8 Å². The first-order valence-corrected chi connectivity index (χ1v) is 28.3. The molecule has 0 amide bonds. The Bertz CT molecular complexity index is 1070. The molecule has 4 rings (SSSR count). The number of ether oxygens (including phenoxy) is 2. The predicted octanol–water partition coefficient (Wildman–Crippen LogP) is 17.6. The van der Waals surface area contributed by atoms with Crippen LogP contribution in [0.25, 0.3) is 0 Å². The first-order chi connectivity index (χ1) is 30.6. The molecule has 0 saturated heterocycles. The second-order valence-electron chi connectivity index (χ2n) is 21.2. The van der Waals surface area contributed by atoms with Gasteiger partial charge in [-0.05, 0) is 82.0 Å². The van der Waals surface area contributed by atoms with Crippen LogP contribution in [0.5, 0.6) is 0 Å². The van der Waals surface area contributed by atoms with Gasteiger partial charge in [-0.15, -0.1) is 0 Å². The zero-order chi connectivity index (χ0) is 43.8. The zero-order valence-electron chi connectivity index (χ0n) is 41.1. The molecule has 62 heavy (non-hydrogen) atoms. The fourth-order valence-electron chi connectivity index (χ4n) is 13.1. The number of carbonyl (C=O) groups excluding carboxylic acids is 1. The maximum absolute atomic E-state index is 16.2. The quantitative estimate of drug-likeness (QED) is 0.127. The predicted molar refractivity (Wildman–Crippen MR) is 262 cm³/mol. The smallest absolute Gasteiger partial charge is 0.332 e. The third-order valence-corrected chi connectivity index (χ3v) is 16.5. The second kappa shape index (κ2) is 34.0. The van der Waals surface area contributed by atoms with E-state index in [1.165, 1.54) is 211 Å². The lowest BCUT2D eigenvalue weighted by Crippen LogP contribution is -2.51. The van der Waals surface area contributed by atoms with Crippen LogP contribution in [0.2, 0.25) is 0 Å². The van der Waals surface area contributed by atoms with Crippen LogP contribution in [0.15, 0.2) is 11.1 Å². The van der Waals surface area contributed by atoms with E-state index < -0.39 is 11.4 Å². The molecular formula is C57H102O5. The number of hydrogen-bond acceptors (Lipinski definition) is 4. The van der Waals surface area contributed by atoms with Gasteiger partial charge in [-0.25, -0.2) is 4.79 Å². The van der Waals surface area contributed by atoms with Crippen LogP contribution in [-0.2, 0) is 19.1 Å². The van der Waals surface area contributed by atoms with Crippen molar-refractivity contribution in [1.82, 2.24) is 0 Å². The molecule has 4 fully saturated rings. The Morgan fingerprint density at radius 3 is 0.919 bits per heavy atom. The average molecular weight is 867 g/mol. The minimum Gasteiger partial charge on any atom is -0.478 e. The van der Waals surface area contributed by atoms with Gasteiger partial charge in [0.25, 0.3) is 0 Å². The van der Waals surface area contributed by atoms with Crippen LogP contribution in [0.1, 0.15) is 289 Å². The normalized spacial score (nSPS) is 23.5. The molecule has 4 aliphatic carbocycles. The molecule has 5 heteroatoms. The molecule has 0 atom stereocenters. The molecule has 0 heterocycles. The largest absolute Gasteiger partial charge is 0.478 e. The Morgan fingerprint density at radius 2 is 0.661 bits per heavy atom. The molecule has 0 aromatic carbocycles. The third-order valence-electron chi connectivity index (χ3n) is 16.5. The summed E-state index contributed by atoms with van der Waals surface area (Å²) in [6.45, 7) is 3.17. The molecule has 4 saturated carbocycles. The maximum atomic E-state index is 16.2. The molecular weight excluding hydrogens is 765 g/mol. The van der Waals surface area contributed by atoms with Crippen LogP contribution in [-0.4, -0.2) is 36.9 Å². The monoisotopic (exact) mass is 867 g/mol. The Kier molecular flexibility index (Phi) is 29.2. The molecule has 0 aromatic heterocycles. The first kappa shape index (κ1) is 53.3. The number of allylic oxidation sites excluding steroid dienone is 1.